The monoisotopic (exact) mass is 511 g/mol. The average molecular weight is 512 g/mol. The molecule has 0 spiro atoms. The number of nitrogens with zero attached hydrogens (tertiary/aromatic N) is 3. The third-order valence-corrected chi connectivity index (χ3v) is 6.97. The highest BCUT2D eigenvalue weighted by Gasteiger charge is 2.22. The minimum absolute atomic E-state index is 0.441. The molecule has 0 bridgehead atoms. The van der Waals surface area contributed by atoms with Gasteiger partial charge in [-0.1, -0.05) is 28.1 Å². The van der Waals surface area contributed by atoms with Crippen molar-refractivity contribution < 1.29 is 4.74 Å². The van der Waals surface area contributed by atoms with Gasteiger partial charge in [0.05, 0.1) is 12.6 Å². The zero-order valence-electron chi connectivity index (χ0n) is 19.8. The molecule has 0 atom stereocenters. The second-order valence-electron chi connectivity index (χ2n) is 9.07. The maximum atomic E-state index is 5.47. The molecule has 2 N–H and O–H groups in total. The third kappa shape index (κ3) is 6.15. The van der Waals surface area contributed by atoms with Gasteiger partial charge in [-0.05, 0) is 74.9 Å². The van der Waals surface area contributed by atoms with Gasteiger partial charge in [-0.25, -0.2) is 4.98 Å². The lowest BCUT2D eigenvalue weighted by molar-refractivity contribution is 0.316. The first-order chi connectivity index (χ1) is 16.0. The Hall–Kier alpha value is -2.38. The van der Waals surface area contributed by atoms with Crippen molar-refractivity contribution in [2.75, 3.05) is 38.0 Å². The van der Waals surface area contributed by atoms with E-state index in [0.29, 0.717) is 6.04 Å². The molecule has 1 saturated carbocycles. The van der Waals surface area contributed by atoms with Crippen molar-refractivity contribution in [3.8, 4) is 5.75 Å². The number of rotatable bonds is 9. The van der Waals surface area contributed by atoms with Crippen LogP contribution in [0.4, 0.5) is 11.8 Å². The van der Waals surface area contributed by atoms with Gasteiger partial charge in [-0.2, -0.15) is 4.98 Å². The zero-order chi connectivity index (χ0) is 23.2. The molecule has 4 rings (SSSR count). The molecule has 1 aromatic heterocycles. The summed E-state index contributed by atoms with van der Waals surface area (Å²) in [5.74, 6) is 3.41. The van der Waals surface area contributed by atoms with E-state index in [-0.39, 0.29) is 0 Å². The molecule has 1 aliphatic rings. The number of benzene rings is 2. The van der Waals surface area contributed by atoms with Gasteiger partial charge in [0, 0.05) is 42.1 Å². The van der Waals surface area contributed by atoms with Crippen LogP contribution in [-0.2, 0) is 6.54 Å². The number of para-hydroxylation sites is 1. The fourth-order valence-electron chi connectivity index (χ4n) is 4.66. The Balaban J connectivity index is 1.25. The lowest BCUT2D eigenvalue weighted by atomic mass is 9.84. The summed E-state index contributed by atoms with van der Waals surface area (Å²) >= 11 is 3.55. The van der Waals surface area contributed by atoms with E-state index in [4.69, 9.17) is 14.7 Å². The smallest absolute Gasteiger partial charge is 0.225 e. The summed E-state index contributed by atoms with van der Waals surface area (Å²) in [5.41, 5.74) is 2.17. The number of nitrogens with one attached hydrogen (secondary N) is 2. The molecule has 6 nitrogen and oxygen atoms in total. The minimum atomic E-state index is 0.441. The standard InChI is InChI=1S/C26H34BrN5O/c1-32(2)25-22-6-4-5-7-23(22)30-26(31-25)29-21-11-8-18(9-12-21)14-15-28-17-19-16-20(27)10-13-24(19)33-3/h4-7,10,13,16,18,21,28H,8-9,11-12,14-15,17H2,1-3H3,(H,29,30,31)/t18-,21+. The number of halogens is 1. The average Bonchev–Trinajstić information content (AvgIpc) is 2.82. The lowest BCUT2D eigenvalue weighted by Crippen LogP contribution is -2.28. The number of methoxy groups -OCH3 is 1. The molecule has 7 heteroatoms. The Kier molecular flexibility index (Phi) is 8.04. The SMILES string of the molecule is COc1ccc(Br)cc1CNCC[C@H]1CC[C@@H](Nc2nc(N(C)C)c3ccccc3n2)CC1. The highest BCUT2D eigenvalue weighted by Crippen LogP contribution is 2.30. The molecule has 1 aliphatic carbocycles. The molecule has 0 aliphatic heterocycles. The maximum absolute atomic E-state index is 5.47. The van der Waals surface area contributed by atoms with Crippen LogP contribution in [-0.4, -0.2) is 43.8 Å². The molecule has 0 unspecified atom stereocenters. The van der Waals surface area contributed by atoms with E-state index in [0.717, 1.165) is 64.7 Å². The fourth-order valence-corrected chi connectivity index (χ4v) is 5.07. The van der Waals surface area contributed by atoms with E-state index in [2.05, 4.69) is 49.7 Å². The van der Waals surface area contributed by atoms with Gasteiger partial charge in [-0.3, -0.25) is 0 Å². The van der Waals surface area contributed by atoms with Gasteiger partial charge < -0.3 is 20.3 Å². The summed E-state index contributed by atoms with van der Waals surface area (Å²) in [6.07, 6.45) is 6.02. The van der Waals surface area contributed by atoms with Crippen molar-refractivity contribution in [2.45, 2.75) is 44.7 Å². The fraction of sp³-hybridized carbons (Fsp3) is 0.462. The summed E-state index contributed by atoms with van der Waals surface area (Å²) in [4.78, 5) is 11.6. The Morgan fingerprint density at radius 1 is 1.06 bits per heavy atom. The van der Waals surface area contributed by atoms with E-state index in [1.54, 1.807) is 7.11 Å². The molecule has 0 amide bonds. The highest BCUT2D eigenvalue weighted by molar-refractivity contribution is 9.10. The molecular weight excluding hydrogens is 478 g/mol. The predicted octanol–water partition coefficient (Wildman–Crippen LogP) is 5.62. The van der Waals surface area contributed by atoms with Crippen molar-refractivity contribution >= 4 is 38.6 Å². The van der Waals surface area contributed by atoms with Crippen LogP contribution in [0.3, 0.4) is 0 Å². The van der Waals surface area contributed by atoms with Gasteiger partial charge in [0.2, 0.25) is 5.95 Å². The highest BCUT2D eigenvalue weighted by atomic mass is 79.9. The first-order valence-electron chi connectivity index (χ1n) is 11.8. The molecule has 33 heavy (non-hydrogen) atoms. The van der Waals surface area contributed by atoms with E-state index in [9.17, 15) is 0 Å². The van der Waals surface area contributed by atoms with Gasteiger partial charge in [0.1, 0.15) is 11.6 Å². The number of hydrogen-bond donors (Lipinski definition) is 2. The Morgan fingerprint density at radius 2 is 1.85 bits per heavy atom. The van der Waals surface area contributed by atoms with Crippen molar-refractivity contribution in [3.05, 3.63) is 52.5 Å². The minimum Gasteiger partial charge on any atom is -0.496 e. The van der Waals surface area contributed by atoms with Crippen LogP contribution in [0.5, 0.6) is 5.75 Å². The molecule has 2 aromatic carbocycles. The van der Waals surface area contributed by atoms with Crippen LogP contribution < -0.4 is 20.3 Å². The number of anilines is 2. The second kappa shape index (κ2) is 11.2. The molecule has 1 heterocycles. The van der Waals surface area contributed by atoms with Gasteiger partial charge in [0.15, 0.2) is 0 Å². The lowest BCUT2D eigenvalue weighted by Gasteiger charge is -2.29. The normalized spacial score (nSPS) is 18.3. The van der Waals surface area contributed by atoms with Crippen molar-refractivity contribution in [3.63, 3.8) is 0 Å². The van der Waals surface area contributed by atoms with Crippen LogP contribution in [0.2, 0.25) is 0 Å². The number of fused-ring (bicyclic) bond motifs is 1. The van der Waals surface area contributed by atoms with Crippen LogP contribution in [0.25, 0.3) is 10.9 Å². The van der Waals surface area contributed by atoms with Crippen molar-refractivity contribution in [1.29, 1.82) is 0 Å². The number of aromatic nitrogens is 2. The summed E-state index contributed by atoms with van der Waals surface area (Å²) in [7, 11) is 5.79. The van der Waals surface area contributed by atoms with Crippen molar-refractivity contribution in [2.24, 2.45) is 5.92 Å². The van der Waals surface area contributed by atoms with Crippen LogP contribution in [0.15, 0.2) is 46.9 Å². The zero-order valence-corrected chi connectivity index (χ0v) is 21.4. The summed E-state index contributed by atoms with van der Waals surface area (Å²) in [6.45, 7) is 1.85. The van der Waals surface area contributed by atoms with Crippen LogP contribution in [0, 0.1) is 5.92 Å². The Bertz CT molecular complexity index is 1070. The first kappa shape index (κ1) is 23.8. The van der Waals surface area contributed by atoms with E-state index < -0.39 is 0 Å². The third-order valence-electron chi connectivity index (χ3n) is 6.47. The Morgan fingerprint density at radius 3 is 2.61 bits per heavy atom. The number of hydrogen-bond acceptors (Lipinski definition) is 6. The molecule has 1 fully saturated rings. The topological polar surface area (TPSA) is 62.3 Å². The second-order valence-corrected chi connectivity index (χ2v) is 9.98. The summed E-state index contributed by atoms with van der Waals surface area (Å²) in [5, 5.41) is 8.30. The van der Waals surface area contributed by atoms with Crippen LogP contribution >= 0.6 is 15.9 Å². The summed E-state index contributed by atoms with van der Waals surface area (Å²) in [6, 6.07) is 14.8. The molecule has 3 aromatic rings. The first-order valence-corrected chi connectivity index (χ1v) is 12.6. The molecular formula is C26H34BrN5O. The van der Waals surface area contributed by atoms with Gasteiger partial charge >= 0.3 is 0 Å². The largest absolute Gasteiger partial charge is 0.496 e. The van der Waals surface area contributed by atoms with E-state index in [1.165, 1.54) is 24.8 Å². The van der Waals surface area contributed by atoms with E-state index in [1.807, 2.05) is 38.4 Å². The molecule has 176 valence electrons. The molecule has 0 saturated heterocycles. The number of ether oxygens (including phenoxy) is 1. The van der Waals surface area contributed by atoms with Gasteiger partial charge in [-0.15, -0.1) is 0 Å². The van der Waals surface area contributed by atoms with Gasteiger partial charge in [0.25, 0.3) is 0 Å². The summed E-state index contributed by atoms with van der Waals surface area (Å²) < 4.78 is 6.55. The molecule has 0 radical (unpaired) electrons. The van der Waals surface area contributed by atoms with Crippen molar-refractivity contribution in [1.82, 2.24) is 15.3 Å². The van der Waals surface area contributed by atoms with Crippen LogP contribution in [0.1, 0.15) is 37.7 Å². The predicted molar refractivity (Wildman–Crippen MR) is 140 cm³/mol. The quantitative estimate of drug-likeness (QED) is 0.363. The Labute approximate surface area is 205 Å². The van der Waals surface area contributed by atoms with E-state index >= 15 is 0 Å². The maximum Gasteiger partial charge on any atom is 0.225 e.